The number of carboxylic acid groups (broad SMARTS) is 1. The van der Waals surface area contributed by atoms with Gasteiger partial charge in [-0.2, -0.15) is 0 Å². The van der Waals surface area contributed by atoms with Crippen LogP contribution >= 0.6 is 11.3 Å². The summed E-state index contributed by atoms with van der Waals surface area (Å²) in [7, 11) is 0. The number of rotatable bonds is 2. The minimum atomic E-state index is -1.28. The van der Waals surface area contributed by atoms with Gasteiger partial charge in [0.25, 0.3) is 0 Å². The smallest absolute Gasteiger partial charge is 0.340 e. The normalized spacial score (nSPS) is 15.3. The van der Waals surface area contributed by atoms with E-state index in [0.29, 0.717) is 23.5 Å². The summed E-state index contributed by atoms with van der Waals surface area (Å²) in [5.74, 6) is -1.73. The maximum absolute atomic E-state index is 14.7. The van der Waals surface area contributed by atoms with Crippen LogP contribution in [0, 0.1) is 12.7 Å². The predicted octanol–water partition coefficient (Wildman–Crippen LogP) is 1.82. The van der Waals surface area contributed by atoms with Crippen molar-refractivity contribution >= 4 is 33.1 Å². The summed E-state index contributed by atoms with van der Waals surface area (Å²) in [4.78, 5) is 25.3. The number of carbonyl (C=O) groups is 1. The first kappa shape index (κ1) is 14.9. The molecule has 1 aliphatic rings. The number of aromatic carboxylic acids is 1. The Hall–Kier alpha value is -1.99. The molecular weight excluding hydrogens is 307 g/mol. The van der Waals surface area contributed by atoms with E-state index < -0.39 is 17.2 Å². The molecule has 1 aromatic carbocycles. The van der Waals surface area contributed by atoms with Crippen LogP contribution in [0.3, 0.4) is 0 Å². The van der Waals surface area contributed by atoms with Crippen molar-refractivity contribution in [3.05, 3.63) is 38.6 Å². The summed E-state index contributed by atoms with van der Waals surface area (Å²) < 4.78 is 15.3. The first-order chi connectivity index (χ1) is 10.5. The molecule has 2 heterocycles. The largest absolute Gasteiger partial charge is 0.478 e. The van der Waals surface area contributed by atoms with Crippen LogP contribution in [-0.4, -0.2) is 37.3 Å². The summed E-state index contributed by atoms with van der Waals surface area (Å²) in [6.45, 7) is 4.49. The lowest BCUT2D eigenvalue weighted by Gasteiger charge is -2.30. The Kier molecular flexibility index (Phi) is 3.84. The second-order valence-electron chi connectivity index (χ2n) is 5.23. The van der Waals surface area contributed by atoms with E-state index in [2.05, 4.69) is 5.32 Å². The minimum Gasteiger partial charge on any atom is -0.478 e. The molecule has 5 nitrogen and oxygen atoms in total. The average Bonchev–Trinajstić information content (AvgIpc) is 2.51. The Morgan fingerprint density at radius 2 is 2.09 bits per heavy atom. The Balaban J connectivity index is 2.23. The zero-order valence-electron chi connectivity index (χ0n) is 12.0. The van der Waals surface area contributed by atoms with Crippen molar-refractivity contribution in [2.45, 2.75) is 6.92 Å². The fourth-order valence-corrected chi connectivity index (χ4v) is 3.71. The fourth-order valence-electron chi connectivity index (χ4n) is 2.72. The molecule has 2 aromatic rings. The van der Waals surface area contributed by atoms with E-state index in [1.807, 2.05) is 4.90 Å². The van der Waals surface area contributed by atoms with E-state index in [9.17, 15) is 14.0 Å². The fraction of sp³-hybridized carbons (Fsp3) is 0.333. The van der Waals surface area contributed by atoms with E-state index >= 15 is 0 Å². The number of benzene rings is 1. The SMILES string of the molecule is Cc1c(F)c(N2CCNCC2)cc2scc(C(=O)O)c(=O)c12. The maximum atomic E-state index is 14.7. The number of hydrogen-bond acceptors (Lipinski definition) is 5. The summed E-state index contributed by atoms with van der Waals surface area (Å²) in [5, 5.41) is 13.7. The number of anilines is 1. The number of hydrogen-bond donors (Lipinski definition) is 2. The molecule has 0 bridgehead atoms. The molecule has 1 aliphatic heterocycles. The molecule has 0 amide bonds. The van der Waals surface area contributed by atoms with Crippen molar-refractivity contribution in [3.63, 3.8) is 0 Å². The molecule has 7 heteroatoms. The van der Waals surface area contributed by atoms with Crippen LogP contribution in [0.2, 0.25) is 0 Å². The monoisotopic (exact) mass is 322 g/mol. The quantitative estimate of drug-likeness (QED) is 0.882. The van der Waals surface area contributed by atoms with Crippen LogP contribution in [0.1, 0.15) is 15.9 Å². The molecule has 0 radical (unpaired) electrons. The molecule has 0 unspecified atom stereocenters. The molecule has 3 rings (SSSR count). The number of aryl methyl sites for hydroxylation is 1. The Morgan fingerprint density at radius 1 is 1.41 bits per heavy atom. The van der Waals surface area contributed by atoms with Gasteiger partial charge >= 0.3 is 5.97 Å². The van der Waals surface area contributed by atoms with Crippen molar-refractivity contribution in [3.8, 4) is 0 Å². The molecule has 22 heavy (non-hydrogen) atoms. The van der Waals surface area contributed by atoms with E-state index in [4.69, 9.17) is 5.11 Å². The van der Waals surface area contributed by atoms with Gasteiger partial charge in [0.2, 0.25) is 5.43 Å². The minimum absolute atomic E-state index is 0.168. The number of fused-ring (bicyclic) bond motifs is 1. The highest BCUT2D eigenvalue weighted by atomic mass is 32.1. The lowest BCUT2D eigenvalue weighted by molar-refractivity contribution is 0.0696. The molecule has 2 N–H and O–H groups in total. The van der Waals surface area contributed by atoms with Gasteiger partial charge < -0.3 is 15.3 Å². The summed E-state index contributed by atoms with van der Waals surface area (Å²) in [5.41, 5.74) is -0.236. The third kappa shape index (κ3) is 2.36. The number of nitrogens with one attached hydrogen (secondary N) is 1. The molecule has 116 valence electrons. The summed E-state index contributed by atoms with van der Waals surface area (Å²) in [6, 6.07) is 1.65. The van der Waals surface area contributed by atoms with Crippen molar-refractivity contribution in [2.24, 2.45) is 0 Å². The second kappa shape index (κ2) is 5.66. The third-order valence-corrected chi connectivity index (χ3v) is 4.84. The van der Waals surface area contributed by atoms with E-state index in [-0.39, 0.29) is 16.5 Å². The number of nitrogens with zero attached hydrogens (tertiary/aromatic N) is 1. The number of carboxylic acids is 1. The van der Waals surface area contributed by atoms with E-state index in [1.54, 1.807) is 6.07 Å². The number of halogens is 1. The maximum Gasteiger partial charge on any atom is 0.340 e. The van der Waals surface area contributed by atoms with Crippen molar-refractivity contribution in [1.29, 1.82) is 0 Å². The van der Waals surface area contributed by atoms with Gasteiger partial charge in [0.05, 0.1) is 5.69 Å². The first-order valence-corrected chi connectivity index (χ1v) is 7.82. The molecule has 0 saturated carbocycles. The van der Waals surface area contributed by atoms with Crippen molar-refractivity contribution < 1.29 is 14.3 Å². The second-order valence-corrected chi connectivity index (χ2v) is 6.14. The summed E-state index contributed by atoms with van der Waals surface area (Å²) >= 11 is 1.16. The van der Waals surface area contributed by atoms with Gasteiger partial charge in [-0.1, -0.05) is 0 Å². The first-order valence-electron chi connectivity index (χ1n) is 6.94. The van der Waals surface area contributed by atoms with Gasteiger partial charge in [-0.05, 0) is 18.6 Å². The number of piperazine rings is 1. The van der Waals surface area contributed by atoms with Gasteiger partial charge in [-0.25, -0.2) is 9.18 Å². The molecule has 0 spiro atoms. The van der Waals surface area contributed by atoms with E-state index in [0.717, 1.165) is 24.4 Å². The highest BCUT2D eigenvalue weighted by Gasteiger charge is 2.21. The molecule has 1 fully saturated rings. The lowest BCUT2D eigenvalue weighted by atomic mass is 10.1. The molecule has 1 aromatic heterocycles. The lowest BCUT2D eigenvalue weighted by Crippen LogP contribution is -2.44. The van der Waals surface area contributed by atoms with Gasteiger partial charge in [-0.3, -0.25) is 4.79 Å². The van der Waals surface area contributed by atoms with Crippen molar-refractivity contribution in [2.75, 3.05) is 31.1 Å². The van der Waals surface area contributed by atoms with Gasteiger partial charge in [0.1, 0.15) is 11.4 Å². The van der Waals surface area contributed by atoms with Crippen LogP contribution in [0.4, 0.5) is 10.1 Å². The molecular formula is C15H15FN2O3S. The molecule has 0 aliphatic carbocycles. The van der Waals surface area contributed by atoms with Crippen LogP contribution in [-0.2, 0) is 0 Å². The van der Waals surface area contributed by atoms with Crippen LogP contribution < -0.4 is 15.6 Å². The van der Waals surface area contributed by atoms with Gasteiger partial charge in [-0.15, -0.1) is 11.3 Å². The molecule has 0 atom stereocenters. The molecule has 1 saturated heterocycles. The zero-order valence-corrected chi connectivity index (χ0v) is 12.8. The van der Waals surface area contributed by atoms with Crippen LogP contribution in [0.15, 0.2) is 16.2 Å². The van der Waals surface area contributed by atoms with Gasteiger partial charge in [0.15, 0.2) is 0 Å². The predicted molar refractivity (Wildman–Crippen MR) is 84.8 cm³/mol. The topological polar surface area (TPSA) is 69.6 Å². The summed E-state index contributed by atoms with van der Waals surface area (Å²) in [6.07, 6.45) is 0. The third-order valence-electron chi connectivity index (χ3n) is 3.91. The standard InChI is InChI=1S/C15H15FN2O3S/c1-8-12-11(22-7-9(14(12)19)15(20)21)6-10(13(8)16)18-4-2-17-3-5-18/h6-7,17H,2-5H2,1H3,(H,20,21). The van der Waals surface area contributed by atoms with Gasteiger partial charge in [0, 0.05) is 41.6 Å². The Morgan fingerprint density at radius 3 is 2.73 bits per heavy atom. The Labute approximate surface area is 130 Å². The highest BCUT2D eigenvalue weighted by molar-refractivity contribution is 7.16. The average molecular weight is 322 g/mol. The zero-order chi connectivity index (χ0) is 15.9. The Bertz CT molecular complexity index is 813. The van der Waals surface area contributed by atoms with Crippen molar-refractivity contribution in [1.82, 2.24) is 5.32 Å². The highest BCUT2D eigenvalue weighted by Crippen LogP contribution is 2.31. The van der Waals surface area contributed by atoms with Crippen LogP contribution in [0.5, 0.6) is 0 Å². The van der Waals surface area contributed by atoms with E-state index in [1.165, 1.54) is 12.3 Å². The van der Waals surface area contributed by atoms with Crippen LogP contribution in [0.25, 0.3) is 10.1 Å².